The van der Waals surface area contributed by atoms with Gasteiger partial charge in [0.1, 0.15) is 0 Å². The maximum atomic E-state index is 12.6. The molecule has 1 saturated heterocycles. The highest BCUT2D eigenvalue weighted by Gasteiger charge is 2.33. The van der Waals surface area contributed by atoms with Crippen LogP contribution in [0.5, 0.6) is 0 Å². The molecule has 0 N–H and O–H groups in total. The molecule has 1 amide bonds. The van der Waals surface area contributed by atoms with Gasteiger partial charge in [0, 0.05) is 18.2 Å². The topological polar surface area (TPSA) is 70.1 Å². The lowest BCUT2D eigenvalue weighted by molar-refractivity contribution is 0.0714. The summed E-state index contributed by atoms with van der Waals surface area (Å²) in [6.45, 7) is 2.58. The molecule has 1 atom stereocenters. The minimum absolute atomic E-state index is 0.0314. The molecule has 0 saturated carbocycles. The number of aryl methyl sites for hydroxylation is 1. The number of benzene rings is 1. The van der Waals surface area contributed by atoms with Crippen molar-refractivity contribution in [3.63, 3.8) is 0 Å². The van der Waals surface area contributed by atoms with Crippen molar-refractivity contribution in [1.29, 1.82) is 5.26 Å². The Labute approximate surface area is 122 Å². The molecule has 1 aliphatic rings. The minimum atomic E-state index is -0.0469. The molecule has 106 valence electrons. The van der Waals surface area contributed by atoms with Gasteiger partial charge in [-0.2, -0.15) is 5.26 Å². The highest BCUT2D eigenvalue weighted by Crippen LogP contribution is 2.33. The van der Waals surface area contributed by atoms with E-state index >= 15 is 0 Å². The summed E-state index contributed by atoms with van der Waals surface area (Å²) in [4.78, 5) is 14.4. The lowest BCUT2D eigenvalue weighted by atomic mass is 10.1. The maximum absolute atomic E-state index is 12.6. The summed E-state index contributed by atoms with van der Waals surface area (Å²) in [6, 6.07) is 10.6. The van der Waals surface area contributed by atoms with Crippen LogP contribution in [0, 0.1) is 18.3 Å². The van der Waals surface area contributed by atoms with Crippen molar-refractivity contribution in [3.8, 4) is 6.07 Å². The third kappa shape index (κ3) is 2.52. The number of hydrogen-bond donors (Lipinski definition) is 0. The van der Waals surface area contributed by atoms with Gasteiger partial charge in [-0.15, -0.1) is 0 Å². The minimum Gasteiger partial charge on any atom is -0.359 e. The Morgan fingerprint density at radius 1 is 1.43 bits per heavy atom. The van der Waals surface area contributed by atoms with Crippen molar-refractivity contribution in [2.45, 2.75) is 25.8 Å². The van der Waals surface area contributed by atoms with E-state index in [0.29, 0.717) is 17.7 Å². The fourth-order valence-electron chi connectivity index (χ4n) is 2.70. The average molecular weight is 281 g/mol. The molecule has 1 fully saturated rings. The van der Waals surface area contributed by atoms with Crippen LogP contribution in [0.4, 0.5) is 0 Å². The van der Waals surface area contributed by atoms with Gasteiger partial charge in [-0.25, -0.2) is 0 Å². The Bertz CT molecular complexity index is 697. The molecule has 0 bridgehead atoms. The van der Waals surface area contributed by atoms with Crippen LogP contribution in [0.1, 0.15) is 46.3 Å². The molecule has 2 aromatic rings. The molecule has 1 aromatic carbocycles. The molecular weight excluding hydrogens is 266 g/mol. The number of rotatable bonds is 2. The molecule has 21 heavy (non-hydrogen) atoms. The van der Waals surface area contributed by atoms with Gasteiger partial charge in [-0.3, -0.25) is 4.79 Å². The molecule has 2 heterocycles. The largest absolute Gasteiger partial charge is 0.359 e. The predicted molar refractivity (Wildman–Crippen MR) is 75.4 cm³/mol. The highest BCUT2D eigenvalue weighted by molar-refractivity contribution is 5.94. The summed E-state index contributed by atoms with van der Waals surface area (Å²) >= 11 is 0. The van der Waals surface area contributed by atoms with Gasteiger partial charge in [0.05, 0.1) is 23.4 Å². The fourth-order valence-corrected chi connectivity index (χ4v) is 2.70. The number of likely N-dealkylation sites (tertiary alicyclic amines) is 1. The number of carbonyl (C=O) groups excluding carboxylic acids is 1. The van der Waals surface area contributed by atoms with Crippen LogP contribution in [-0.2, 0) is 0 Å². The first-order valence-electron chi connectivity index (χ1n) is 6.93. The molecule has 1 aliphatic heterocycles. The first kappa shape index (κ1) is 13.4. The van der Waals surface area contributed by atoms with E-state index in [4.69, 9.17) is 9.78 Å². The van der Waals surface area contributed by atoms with Crippen LogP contribution < -0.4 is 0 Å². The number of nitrogens with zero attached hydrogens (tertiary/aromatic N) is 3. The first-order chi connectivity index (χ1) is 10.2. The van der Waals surface area contributed by atoms with E-state index in [1.54, 1.807) is 24.3 Å². The quantitative estimate of drug-likeness (QED) is 0.848. The van der Waals surface area contributed by atoms with Gasteiger partial charge in [0.25, 0.3) is 5.91 Å². The second-order valence-electron chi connectivity index (χ2n) is 5.22. The standard InChI is InChI=1S/C16H15N3O2/c1-11-9-15(21-18-11)14-3-2-8-19(14)16(20)13-6-4-12(10-17)5-7-13/h4-7,9,14H,2-3,8H2,1H3/t14-/m1/s1. The van der Waals surface area contributed by atoms with E-state index in [2.05, 4.69) is 11.2 Å². The first-order valence-corrected chi connectivity index (χ1v) is 6.93. The third-order valence-corrected chi connectivity index (χ3v) is 3.75. The van der Waals surface area contributed by atoms with E-state index in [9.17, 15) is 4.79 Å². The molecule has 5 nitrogen and oxygen atoms in total. The van der Waals surface area contributed by atoms with Crippen LogP contribution in [0.2, 0.25) is 0 Å². The van der Waals surface area contributed by atoms with Gasteiger partial charge in [-0.1, -0.05) is 5.16 Å². The van der Waals surface area contributed by atoms with Crippen molar-refractivity contribution in [2.75, 3.05) is 6.54 Å². The molecule has 0 spiro atoms. The maximum Gasteiger partial charge on any atom is 0.254 e. The van der Waals surface area contributed by atoms with Crippen LogP contribution in [0.3, 0.4) is 0 Å². The van der Waals surface area contributed by atoms with Crippen molar-refractivity contribution < 1.29 is 9.32 Å². The normalized spacial score (nSPS) is 17.7. The number of hydrogen-bond acceptors (Lipinski definition) is 4. The van der Waals surface area contributed by atoms with Crippen LogP contribution >= 0.6 is 0 Å². The third-order valence-electron chi connectivity index (χ3n) is 3.75. The summed E-state index contributed by atoms with van der Waals surface area (Å²) in [5.74, 6) is 0.711. The lowest BCUT2D eigenvalue weighted by Gasteiger charge is -2.22. The molecular formula is C16H15N3O2. The van der Waals surface area contributed by atoms with Gasteiger partial charge in [0.2, 0.25) is 0 Å². The monoisotopic (exact) mass is 281 g/mol. The van der Waals surface area contributed by atoms with Gasteiger partial charge in [0.15, 0.2) is 5.76 Å². The second kappa shape index (κ2) is 5.41. The lowest BCUT2D eigenvalue weighted by Crippen LogP contribution is -2.30. The predicted octanol–water partition coefficient (Wildman–Crippen LogP) is 2.83. The van der Waals surface area contributed by atoms with Crippen molar-refractivity contribution in [1.82, 2.24) is 10.1 Å². The zero-order chi connectivity index (χ0) is 14.8. The van der Waals surface area contributed by atoms with Crippen LogP contribution in [-0.4, -0.2) is 22.5 Å². The highest BCUT2D eigenvalue weighted by atomic mass is 16.5. The summed E-state index contributed by atoms with van der Waals surface area (Å²) in [5, 5.41) is 12.7. The zero-order valence-corrected chi connectivity index (χ0v) is 11.7. The van der Waals surface area contributed by atoms with Crippen molar-refractivity contribution in [3.05, 3.63) is 52.9 Å². The SMILES string of the molecule is Cc1cc([C@H]2CCCN2C(=O)c2ccc(C#N)cc2)on1. The van der Waals surface area contributed by atoms with E-state index < -0.39 is 0 Å². The Balaban J connectivity index is 1.84. The number of amides is 1. The summed E-state index contributed by atoms with van der Waals surface area (Å²) in [5.41, 5.74) is 1.97. The van der Waals surface area contributed by atoms with Gasteiger partial charge >= 0.3 is 0 Å². The molecule has 3 rings (SSSR count). The number of aromatic nitrogens is 1. The zero-order valence-electron chi connectivity index (χ0n) is 11.7. The Morgan fingerprint density at radius 2 is 2.19 bits per heavy atom. The summed E-state index contributed by atoms with van der Waals surface area (Å²) in [6.07, 6.45) is 1.84. The van der Waals surface area contributed by atoms with E-state index in [0.717, 1.165) is 24.3 Å². The fraction of sp³-hybridized carbons (Fsp3) is 0.312. The Hall–Kier alpha value is -2.61. The van der Waals surface area contributed by atoms with Gasteiger partial charge in [-0.05, 0) is 44.0 Å². The van der Waals surface area contributed by atoms with Gasteiger partial charge < -0.3 is 9.42 Å². The molecule has 0 aliphatic carbocycles. The Morgan fingerprint density at radius 3 is 2.81 bits per heavy atom. The van der Waals surface area contributed by atoms with E-state index in [1.165, 1.54) is 0 Å². The van der Waals surface area contributed by atoms with E-state index in [-0.39, 0.29) is 11.9 Å². The van der Waals surface area contributed by atoms with E-state index in [1.807, 2.05) is 17.9 Å². The Kier molecular flexibility index (Phi) is 3.44. The molecule has 1 aromatic heterocycles. The second-order valence-corrected chi connectivity index (χ2v) is 5.22. The molecule has 0 unspecified atom stereocenters. The number of nitriles is 1. The van der Waals surface area contributed by atoms with Crippen molar-refractivity contribution in [2.24, 2.45) is 0 Å². The molecule has 5 heteroatoms. The summed E-state index contributed by atoms with van der Waals surface area (Å²) in [7, 11) is 0. The number of carbonyl (C=O) groups is 1. The van der Waals surface area contributed by atoms with Crippen molar-refractivity contribution >= 4 is 5.91 Å². The smallest absolute Gasteiger partial charge is 0.254 e. The average Bonchev–Trinajstić information content (AvgIpc) is 3.15. The summed E-state index contributed by atoms with van der Waals surface area (Å²) < 4.78 is 5.31. The van der Waals surface area contributed by atoms with Crippen LogP contribution in [0.15, 0.2) is 34.9 Å². The molecule has 0 radical (unpaired) electrons. The van der Waals surface area contributed by atoms with Crippen LogP contribution in [0.25, 0.3) is 0 Å².